The number of ketones is 1. The van der Waals surface area contributed by atoms with Crippen LogP contribution in [0.25, 0.3) is 6.08 Å². The summed E-state index contributed by atoms with van der Waals surface area (Å²) in [6, 6.07) is 12.6. The van der Waals surface area contributed by atoms with E-state index in [0.29, 0.717) is 17.7 Å². The molecule has 25 heavy (non-hydrogen) atoms. The molecule has 4 heteroatoms. The van der Waals surface area contributed by atoms with Crippen LogP contribution in [-0.2, 0) is 0 Å². The van der Waals surface area contributed by atoms with Crippen LogP contribution in [-0.4, -0.2) is 17.2 Å². The van der Waals surface area contributed by atoms with Gasteiger partial charge in [-0.15, -0.1) is 0 Å². The Kier molecular flexibility index (Phi) is 7.36. The lowest BCUT2D eigenvalue weighted by Gasteiger charge is -2.13. The van der Waals surface area contributed by atoms with Crippen LogP contribution in [0.3, 0.4) is 0 Å². The molecular formula is C21H23FO3. The maximum absolute atomic E-state index is 12.8. The molecule has 0 fully saturated rings. The first-order valence-electron chi connectivity index (χ1n) is 8.51. The summed E-state index contributed by atoms with van der Waals surface area (Å²) in [4.78, 5) is 12.1. The quantitative estimate of drug-likeness (QED) is 0.302. The van der Waals surface area contributed by atoms with E-state index in [0.717, 1.165) is 24.8 Å². The van der Waals surface area contributed by atoms with Crippen LogP contribution >= 0.6 is 0 Å². The second kappa shape index (κ2) is 9.74. The third-order valence-electron chi connectivity index (χ3n) is 3.76. The first-order chi connectivity index (χ1) is 12.1. The fraction of sp³-hybridized carbons (Fsp3) is 0.286. The standard InChI is InChI=1S/C21H23FO3/c1-2-3-4-5-21(24)25-19-13-9-17(10-14-19)20(23)15-8-16-6-11-18(22)12-7-16/h6-15,21,24H,2-5H2,1H3. The van der Waals surface area contributed by atoms with Gasteiger partial charge in [-0.3, -0.25) is 4.79 Å². The normalized spacial score (nSPS) is 12.3. The molecule has 0 aliphatic rings. The minimum atomic E-state index is -0.827. The van der Waals surface area contributed by atoms with Crippen LogP contribution in [0.4, 0.5) is 4.39 Å². The Morgan fingerprint density at radius 1 is 1.12 bits per heavy atom. The SMILES string of the molecule is CCCCCC(O)Oc1ccc(C(=O)C=Cc2ccc(F)cc2)cc1. The van der Waals surface area contributed by atoms with Crippen molar-refractivity contribution in [2.24, 2.45) is 0 Å². The van der Waals surface area contributed by atoms with Gasteiger partial charge in [-0.2, -0.15) is 0 Å². The van der Waals surface area contributed by atoms with E-state index in [1.165, 1.54) is 18.2 Å². The molecule has 2 aromatic rings. The molecule has 1 atom stereocenters. The van der Waals surface area contributed by atoms with Gasteiger partial charge in [-0.1, -0.05) is 38.0 Å². The number of carbonyl (C=O) groups excluding carboxylic acids is 1. The Labute approximate surface area is 147 Å². The minimum absolute atomic E-state index is 0.153. The van der Waals surface area contributed by atoms with E-state index < -0.39 is 6.29 Å². The largest absolute Gasteiger partial charge is 0.465 e. The summed E-state index contributed by atoms with van der Waals surface area (Å²) < 4.78 is 18.3. The second-order valence-corrected chi connectivity index (χ2v) is 5.84. The summed E-state index contributed by atoms with van der Waals surface area (Å²) in [7, 11) is 0. The fourth-order valence-electron chi connectivity index (χ4n) is 2.32. The monoisotopic (exact) mass is 342 g/mol. The molecule has 0 saturated heterocycles. The molecule has 2 rings (SSSR count). The molecule has 0 heterocycles. The number of allylic oxidation sites excluding steroid dienone is 1. The fourth-order valence-corrected chi connectivity index (χ4v) is 2.32. The number of rotatable bonds is 9. The minimum Gasteiger partial charge on any atom is -0.465 e. The van der Waals surface area contributed by atoms with Crippen LogP contribution in [0.2, 0.25) is 0 Å². The molecule has 0 radical (unpaired) electrons. The van der Waals surface area contributed by atoms with E-state index in [1.807, 2.05) is 0 Å². The number of unbranched alkanes of at least 4 members (excludes halogenated alkanes) is 2. The Morgan fingerprint density at radius 2 is 1.80 bits per heavy atom. The van der Waals surface area contributed by atoms with Crippen molar-refractivity contribution in [3.63, 3.8) is 0 Å². The van der Waals surface area contributed by atoms with Gasteiger partial charge in [0.25, 0.3) is 0 Å². The maximum atomic E-state index is 12.8. The predicted molar refractivity (Wildman–Crippen MR) is 97.0 cm³/mol. The van der Waals surface area contributed by atoms with E-state index in [1.54, 1.807) is 42.5 Å². The average Bonchev–Trinajstić information content (AvgIpc) is 2.62. The Hall–Kier alpha value is -2.46. The summed E-state index contributed by atoms with van der Waals surface area (Å²) in [6.45, 7) is 2.10. The zero-order valence-electron chi connectivity index (χ0n) is 14.3. The molecule has 0 amide bonds. The lowest BCUT2D eigenvalue weighted by molar-refractivity contribution is -0.0245. The molecule has 2 aromatic carbocycles. The van der Waals surface area contributed by atoms with Gasteiger partial charge in [0.1, 0.15) is 11.6 Å². The van der Waals surface area contributed by atoms with Crippen LogP contribution in [0.5, 0.6) is 5.75 Å². The van der Waals surface area contributed by atoms with Crippen molar-refractivity contribution < 1.29 is 19.0 Å². The number of hydrogen-bond acceptors (Lipinski definition) is 3. The number of carbonyl (C=O) groups is 1. The van der Waals surface area contributed by atoms with Crippen molar-refractivity contribution >= 4 is 11.9 Å². The lowest BCUT2D eigenvalue weighted by Crippen LogP contribution is -2.15. The number of hydrogen-bond donors (Lipinski definition) is 1. The molecule has 0 bridgehead atoms. The number of halogens is 1. The Bertz CT molecular complexity index is 690. The van der Waals surface area contributed by atoms with Gasteiger partial charge in [-0.05, 0) is 54.5 Å². The summed E-state index contributed by atoms with van der Waals surface area (Å²) in [5.74, 6) is 0.0679. The van der Waals surface area contributed by atoms with Crippen molar-refractivity contribution in [3.05, 3.63) is 71.6 Å². The van der Waals surface area contributed by atoms with Crippen LogP contribution in [0.15, 0.2) is 54.6 Å². The molecular weight excluding hydrogens is 319 g/mol. The van der Waals surface area contributed by atoms with Gasteiger partial charge < -0.3 is 9.84 Å². The highest BCUT2D eigenvalue weighted by atomic mass is 19.1. The van der Waals surface area contributed by atoms with E-state index in [4.69, 9.17) is 4.74 Å². The molecule has 0 aliphatic carbocycles. The van der Waals surface area contributed by atoms with Crippen molar-refractivity contribution in [2.45, 2.75) is 38.9 Å². The van der Waals surface area contributed by atoms with Crippen molar-refractivity contribution in [1.29, 1.82) is 0 Å². The number of ether oxygens (including phenoxy) is 1. The summed E-state index contributed by atoms with van der Waals surface area (Å²) in [5.41, 5.74) is 1.27. The van der Waals surface area contributed by atoms with Crippen molar-refractivity contribution in [1.82, 2.24) is 0 Å². The highest BCUT2D eigenvalue weighted by Gasteiger charge is 2.07. The highest BCUT2D eigenvalue weighted by Crippen LogP contribution is 2.16. The molecule has 132 valence electrons. The third kappa shape index (κ3) is 6.51. The molecule has 3 nitrogen and oxygen atoms in total. The number of benzene rings is 2. The Balaban J connectivity index is 1.90. The zero-order valence-corrected chi connectivity index (χ0v) is 14.3. The third-order valence-corrected chi connectivity index (χ3v) is 3.76. The summed E-state index contributed by atoms with van der Waals surface area (Å²) >= 11 is 0. The predicted octanol–water partition coefficient (Wildman–Crippen LogP) is 5.00. The number of aliphatic hydroxyl groups excluding tert-OH is 1. The van der Waals surface area contributed by atoms with E-state index in [-0.39, 0.29) is 11.6 Å². The topological polar surface area (TPSA) is 46.5 Å². The molecule has 0 saturated carbocycles. The molecule has 0 aromatic heterocycles. The van der Waals surface area contributed by atoms with Gasteiger partial charge in [-0.25, -0.2) is 4.39 Å². The summed E-state index contributed by atoms with van der Waals surface area (Å²) in [6.07, 6.45) is 5.93. The van der Waals surface area contributed by atoms with E-state index in [9.17, 15) is 14.3 Å². The Morgan fingerprint density at radius 3 is 2.44 bits per heavy atom. The first kappa shape index (κ1) is 18.9. The van der Waals surface area contributed by atoms with Gasteiger partial charge in [0, 0.05) is 12.0 Å². The first-order valence-corrected chi connectivity index (χ1v) is 8.51. The molecule has 0 spiro atoms. The second-order valence-electron chi connectivity index (χ2n) is 5.84. The smallest absolute Gasteiger partial charge is 0.197 e. The van der Waals surface area contributed by atoms with Gasteiger partial charge in [0.2, 0.25) is 0 Å². The lowest BCUT2D eigenvalue weighted by atomic mass is 10.1. The highest BCUT2D eigenvalue weighted by molar-refractivity contribution is 6.06. The van der Waals surface area contributed by atoms with Crippen LogP contribution < -0.4 is 4.74 Å². The molecule has 1 N–H and O–H groups in total. The average molecular weight is 342 g/mol. The van der Waals surface area contributed by atoms with E-state index >= 15 is 0 Å². The van der Waals surface area contributed by atoms with Crippen LogP contribution in [0, 0.1) is 5.82 Å². The van der Waals surface area contributed by atoms with Crippen LogP contribution in [0.1, 0.15) is 48.5 Å². The van der Waals surface area contributed by atoms with Gasteiger partial charge in [0.05, 0.1) is 0 Å². The maximum Gasteiger partial charge on any atom is 0.197 e. The molecule has 0 aliphatic heterocycles. The van der Waals surface area contributed by atoms with E-state index in [2.05, 4.69) is 6.92 Å². The summed E-state index contributed by atoms with van der Waals surface area (Å²) in [5, 5.41) is 9.81. The number of aliphatic hydroxyl groups is 1. The van der Waals surface area contributed by atoms with Crippen molar-refractivity contribution in [2.75, 3.05) is 0 Å². The van der Waals surface area contributed by atoms with Gasteiger partial charge >= 0.3 is 0 Å². The van der Waals surface area contributed by atoms with Crippen molar-refractivity contribution in [3.8, 4) is 5.75 Å². The molecule has 1 unspecified atom stereocenters. The zero-order chi connectivity index (χ0) is 18.1. The van der Waals surface area contributed by atoms with Gasteiger partial charge in [0.15, 0.2) is 12.1 Å².